The number of pyridine rings is 1. The van der Waals surface area contributed by atoms with Crippen LogP contribution in [0.1, 0.15) is 4.88 Å². The number of thiophene rings is 1. The molecule has 1 N–H and O–H groups in total. The fourth-order valence-electron chi connectivity index (χ4n) is 3.13. The Labute approximate surface area is 162 Å². The van der Waals surface area contributed by atoms with E-state index in [1.54, 1.807) is 17.5 Å². The summed E-state index contributed by atoms with van der Waals surface area (Å²) in [5.41, 5.74) is 8.37. The van der Waals surface area contributed by atoms with Crippen molar-refractivity contribution in [1.82, 2.24) is 9.55 Å². The zero-order valence-electron chi connectivity index (χ0n) is 15.9. The Morgan fingerprint density at radius 3 is 2.74 bits per heavy atom. The molecule has 1 aromatic carbocycles. The minimum atomic E-state index is 0.838. The van der Waals surface area contributed by atoms with Crippen molar-refractivity contribution in [1.29, 1.82) is 0 Å². The Balaban J connectivity index is 1.78. The molecule has 138 valence electrons. The Bertz CT molecular complexity index is 1100. The molecule has 4 rings (SSSR count). The van der Waals surface area contributed by atoms with Crippen molar-refractivity contribution in [3.63, 3.8) is 0 Å². The molecule has 3 heterocycles. The summed E-state index contributed by atoms with van der Waals surface area (Å²) in [7, 11) is 6.11. The Hall–Kier alpha value is -2.99. The van der Waals surface area contributed by atoms with Gasteiger partial charge in [-0.15, -0.1) is 11.3 Å². The van der Waals surface area contributed by atoms with Gasteiger partial charge in [0.15, 0.2) is 0 Å². The van der Waals surface area contributed by atoms with Gasteiger partial charge in [-0.25, -0.2) is 10.5 Å². The molecule has 0 saturated heterocycles. The first-order chi connectivity index (χ1) is 13.0. The summed E-state index contributed by atoms with van der Waals surface area (Å²) in [5.74, 6) is 0. The molecule has 0 aliphatic heterocycles. The lowest BCUT2D eigenvalue weighted by Crippen LogP contribution is -2.08. The number of aromatic nitrogens is 2. The van der Waals surface area contributed by atoms with Crippen LogP contribution in [0.5, 0.6) is 5.06 Å². The van der Waals surface area contributed by atoms with Gasteiger partial charge in [-0.1, -0.05) is 12.1 Å². The minimum Gasteiger partial charge on any atom is -0.378 e. The third-order valence-corrected chi connectivity index (χ3v) is 5.39. The zero-order chi connectivity index (χ0) is 19.0. The third kappa shape index (κ3) is 3.36. The predicted molar refractivity (Wildman–Crippen MR) is 114 cm³/mol. The van der Waals surface area contributed by atoms with Crippen LogP contribution in [-0.2, 0) is 7.05 Å². The highest BCUT2D eigenvalue weighted by atomic mass is 32.1. The molecule has 0 aliphatic carbocycles. The van der Waals surface area contributed by atoms with E-state index in [0.717, 1.165) is 38.6 Å². The van der Waals surface area contributed by atoms with E-state index in [4.69, 9.17) is 4.84 Å². The maximum Gasteiger partial charge on any atom is 0.208 e. The second kappa shape index (κ2) is 6.96. The average molecular weight is 379 g/mol. The van der Waals surface area contributed by atoms with Crippen LogP contribution in [0.15, 0.2) is 54.9 Å². The highest BCUT2D eigenvalue weighted by Gasteiger charge is 2.15. The maximum absolute atomic E-state index is 5.81. The number of nitrogens with one attached hydrogen (secondary N) is 1. The predicted octanol–water partition coefficient (Wildman–Crippen LogP) is 5.08. The lowest BCUT2D eigenvalue weighted by molar-refractivity contribution is 0.418. The number of hydrogen-bond acceptors (Lipinski definition) is 5. The summed E-state index contributed by atoms with van der Waals surface area (Å²) in [6.07, 6.45) is 3.92. The summed E-state index contributed by atoms with van der Waals surface area (Å²) >= 11 is 1.61. The monoisotopic (exact) mass is 378 g/mol. The van der Waals surface area contributed by atoms with Gasteiger partial charge in [-0.05, 0) is 42.8 Å². The molecule has 27 heavy (non-hydrogen) atoms. The third-order valence-electron chi connectivity index (χ3n) is 4.51. The summed E-state index contributed by atoms with van der Waals surface area (Å²) in [5, 5.41) is 1.88. The van der Waals surface area contributed by atoms with Gasteiger partial charge in [0.05, 0.1) is 11.1 Å². The zero-order valence-corrected chi connectivity index (χ0v) is 16.7. The highest BCUT2D eigenvalue weighted by Crippen LogP contribution is 2.36. The van der Waals surface area contributed by atoms with Crippen LogP contribution < -0.4 is 15.2 Å². The van der Waals surface area contributed by atoms with Crippen molar-refractivity contribution in [3.8, 4) is 16.2 Å². The Kier molecular flexibility index (Phi) is 4.49. The van der Waals surface area contributed by atoms with Crippen molar-refractivity contribution in [3.05, 3.63) is 59.7 Å². The molecule has 0 fully saturated rings. The summed E-state index contributed by atoms with van der Waals surface area (Å²) in [4.78, 5) is 13.7. The second-order valence-corrected chi connectivity index (χ2v) is 7.98. The maximum atomic E-state index is 5.81. The first-order valence-corrected chi connectivity index (χ1v) is 9.55. The number of benzene rings is 1. The Morgan fingerprint density at radius 1 is 1.15 bits per heavy atom. The first kappa shape index (κ1) is 17.4. The van der Waals surface area contributed by atoms with Crippen LogP contribution >= 0.6 is 11.3 Å². The number of anilines is 2. The van der Waals surface area contributed by atoms with E-state index >= 15 is 0 Å². The van der Waals surface area contributed by atoms with E-state index in [-0.39, 0.29) is 0 Å². The van der Waals surface area contributed by atoms with Gasteiger partial charge in [0.25, 0.3) is 0 Å². The quantitative estimate of drug-likeness (QED) is 0.492. The van der Waals surface area contributed by atoms with E-state index < -0.39 is 0 Å². The molecule has 0 bridgehead atoms. The largest absolute Gasteiger partial charge is 0.378 e. The van der Waals surface area contributed by atoms with Gasteiger partial charge in [-0.3, -0.25) is 0 Å². The standard InChI is InChI=1S/C21H22N4OS/c1-14-8-9-19(27-14)26-23-18-10-11-22-21-20(18)17(13-25(21)4)15-6-5-7-16(12-15)24(2)3/h5-13H,1-4H3,(H,22,23). The van der Waals surface area contributed by atoms with Crippen molar-refractivity contribution >= 4 is 33.7 Å². The number of fused-ring (bicyclic) bond motifs is 1. The lowest BCUT2D eigenvalue weighted by Gasteiger charge is -2.14. The van der Waals surface area contributed by atoms with Crippen LogP contribution in [-0.4, -0.2) is 23.6 Å². The molecule has 0 amide bonds. The summed E-state index contributed by atoms with van der Waals surface area (Å²) < 4.78 is 2.05. The van der Waals surface area contributed by atoms with E-state index in [1.807, 2.05) is 43.9 Å². The van der Waals surface area contributed by atoms with Gasteiger partial charge >= 0.3 is 0 Å². The fourth-order valence-corrected chi connectivity index (χ4v) is 3.80. The number of nitrogens with zero attached hydrogens (tertiary/aromatic N) is 3. The minimum absolute atomic E-state index is 0.838. The normalized spacial score (nSPS) is 11.0. The SMILES string of the molecule is Cc1ccc(ONc2ccnc3c2c(-c2cccc(N(C)C)c2)cn3C)s1. The molecule has 0 unspecified atom stereocenters. The van der Waals surface area contributed by atoms with Gasteiger partial charge in [0.1, 0.15) is 5.65 Å². The molecule has 5 nitrogen and oxygen atoms in total. The molecule has 0 spiro atoms. The van der Waals surface area contributed by atoms with Crippen LogP contribution in [0.3, 0.4) is 0 Å². The number of hydrogen-bond donors (Lipinski definition) is 1. The molecule has 4 aromatic rings. The molecule has 6 heteroatoms. The van der Waals surface area contributed by atoms with Crippen molar-refractivity contribution in [2.45, 2.75) is 6.92 Å². The molecular weight excluding hydrogens is 356 g/mol. The van der Waals surface area contributed by atoms with Gasteiger partial charge in [0.2, 0.25) is 5.06 Å². The highest BCUT2D eigenvalue weighted by molar-refractivity contribution is 7.13. The Morgan fingerprint density at radius 2 is 2.00 bits per heavy atom. The van der Waals surface area contributed by atoms with E-state index in [9.17, 15) is 0 Å². The van der Waals surface area contributed by atoms with Crippen molar-refractivity contribution in [2.75, 3.05) is 24.5 Å². The molecule has 0 saturated carbocycles. The van der Waals surface area contributed by atoms with Crippen LogP contribution in [0.25, 0.3) is 22.2 Å². The molecular formula is C21H22N4OS. The number of rotatable bonds is 5. The molecule has 0 aliphatic rings. The summed E-state index contributed by atoms with van der Waals surface area (Å²) in [6, 6.07) is 14.5. The van der Waals surface area contributed by atoms with Crippen LogP contribution in [0, 0.1) is 6.92 Å². The molecule has 3 aromatic heterocycles. The summed E-state index contributed by atoms with van der Waals surface area (Å²) in [6.45, 7) is 2.06. The van der Waals surface area contributed by atoms with E-state index in [0.29, 0.717) is 0 Å². The fraction of sp³-hybridized carbons (Fsp3) is 0.190. The van der Waals surface area contributed by atoms with Gasteiger partial charge in [0, 0.05) is 49.7 Å². The van der Waals surface area contributed by atoms with Crippen molar-refractivity contribution < 1.29 is 4.84 Å². The average Bonchev–Trinajstić information content (AvgIpc) is 3.24. The smallest absolute Gasteiger partial charge is 0.208 e. The van der Waals surface area contributed by atoms with E-state index in [1.165, 1.54) is 4.88 Å². The van der Waals surface area contributed by atoms with Crippen molar-refractivity contribution in [2.24, 2.45) is 7.05 Å². The second-order valence-electron chi connectivity index (χ2n) is 6.72. The lowest BCUT2D eigenvalue weighted by atomic mass is 10.0. The van der Waals surface area contributed by atoms with E-state index in [2.05, 4.69) is 52.8 Å². The topological polar surface area (TPSA) is 42.3 Å². The van der Waals surface area contributed by atoms with Crippen LogP contribution in [0.2, 0.25) is 0 Å². The molecule has 0 radical (unpaired) electrons. The van der Waals surface area contributed by atoms with Gasteiger partial charge < -0.3 is 14.3 Å². The first-order valence-electron chi connectivity index (χ1n) is 8.74. The molecule has 0 atom stereocenters. The van der Waals surface area contributed by atoms with Crippen LogP contribution in [0.4, 0.5) is 11.4 Å². The number of aryl methyl sites for hydroxylation is 2. The van der Waals surface area contributed by atoms with Gasteiger partial charge in [-0.2, -0.15) is 0 Å².